The van der Waals surface area contributed by atoms with Gasteiger partial charge in [0.05, 0.1) is 5.69 Å². The number of hydrogen-bond acceptors (Lipinski definition) is 1. The molecular weight excluding hydrogens is 380 g/mol. The Morgan fingerprint density at radius 1 is 1.05 bits per heavy atom. The van der Waals surface area contributed by atoms with E-state index in [-0.39, 0.29) is 5.69 Å². The minimum absolute atomic E-state index is 0.262. The van der Waals surface area contributed by atoms with Gasteiger partial charge in [-0.3, -0.25) is 0 Å². The lowest BCUT2D eigenvalue weighted by Crippen LogP contribution is -2.03. The highest BCUT2D eigenvalue weighted by Gasteiger charge is 2.09. The summed E-state index contributed by atoms with van der Waals surface area (Å²) in [6.07, 6.45) is 0. The van der Waals surface area contributed by atoms with Crippen molar-refractivity contribution in [1.29, 1.82) is 0 Å². The summed E-state index contributed by atoms with van der Waals surface area (Å²) in [5.41, 5.74) is 2.41. The molecule has 2 rings (SSSR count). The van der Waals surface area contributed by atoms with Crippen molar-refractivity contribution in [2.24, 2.45) is 0 Å². The second-order valence-corrected chi connectivity index (χ2v) is 5.89. The fourth-order valence-corrected chi connectivity index (χ4v) is 2.62. The van der Waals surface area contributed by atoms with E-state index in [0.717, 1.165) is 21.7 Å². The Hall–Kier alpha value is -0.940. The van der Waals surface area contributed by atoms with Crippen molar-refractivity contribution in [3.63, 3.8) is 0 Å². The van der Waals surface area contributed by atoms with Crippen molar-refractivity contribution < 1.29 is 8.78 Å². The Balaban J connectivity index is 2.16. The average Bonchev–Trinajstić information content (AvgIpc) is 2.32. The normalized spacial score (nSPS) is 10.6. The van der Waals surface area contributed by atoms with Gasteiger partial charge in [-0.2, -0.15) is 0 Å². The molecule has 100 valence electrons. The first-order valence-corrected chi connectivity index (χ1v) is 7.19. The van der Waals surface area contributed by atoms with Gasteiger partial charge in [-0.25, -0.2) is 8.78 Å². The van der Waals surface area contributed by atoms with Gasteiger partial charge < -0.3 is 5.32 Å². The molecule has 2 aromatic rings. The van der Waals surface area contributed by atoms with Crippen molar-refractivity contribution in [3.05, 3.63) is 62.0 Å². The lowest BCUT2D eigenvalue weighted by Gasteiger charge is -2.11. The molecule has 0 aromatic heterocycles. The summed E-state index contributed by atoms with van der Waals surface area (Å²) in [4.78, 5) is 0. The van der Waals surface area contributed by atoms with Gasteiger partial charge in [0.1, 0.15) is 11.6 Å². The maximum Gasteiger partial charge on any atom is 0.150 e. The molecule has 0 aliphatic rings. The molecule has 2 aromatic carbocycles. The molecule has 0 spiro atoms. The van der Waals surface area contributed by atoms with Gasteiger partial charge in [-0.15, -0.1) is 0 Å². The first-order valence-electron chi connectivity index (χ1n) is 5.61. The number of hydrogen-bond donors (Lipinski definition) is 1. The molecule has 0 bridgehead atoms. The van der Waals surface area contributed by atoms with Crippen LogP contribution in [-0.4, -0.2) is 0 Å². The van der Waals surface area contributed by atoms with Gasteiger partial charge in [0.15, 0.2) is 0 Å². The van der Waals surface area contributed by atoms with Crippen molar-refractivity contribution in [1.82, 2.24) is 0 Å². The van der Waals surface area contributed by atoms with Crippen LogP contribution < -0.4 is 5.32 Å². The van der Waals surface area contributed by atoms with Gasteiger partial charge in [0.2, 0.25) is 0 Å². The number of aryl methyl sites for hydroxylation is 1. The second-order valence-electron chi connectivity index (χ2n) is 4.18. The predicted molar refractivity (Wildman–Crippen MR) is 80.3 cm³/mol. The summed E-state index contributed by atoms with van der Waals surface area (Å²) in [7, 11) is 0. The maximum atomic E-state index is 13.6. The van der Waals surface area contributed by atoms with Crippen LogP contribution >= 0.6 is 31.9 Å². The van der Waals surface area contributed by atoms with Crippen LogP contribution in [0.25, 0.3) is 0 Å². The monoisotopic (exact) mass is 389 g/mol. The van der Waals surface area contributed by atoms with Crippen LogP contribution in [0.3, 0.4) is 0 Å². The standard InChI is InChI=1S/C14H11Br2F2N/c1-8-2-3-9(4-11(8)15)7-19-14-12(16)5-10(17)6-13(14)18/h2-6,19H,7H2,1H3. The van der Waals surface area contributed by atoms with Gasteiger partial charge in [0, 0.05) is 21.6 Å². The molecule has 0 heterocycles. The van der Waals surface area contributed by atoms with E-state index in [4.69, 9.17) is 0 Å². The van der Waals surface area contributed by atoms with E-state index in [1.54, 1.807) is 0 Å². The summed E-state index contributed by atoms with van der Waals surface area (Å²) in [6, 6.07) is 8.01. The summed E-state index contributed by atoms with van der Waals surface area (Å²) in [5.74, 6) is -1.22. The van der Waals surface area contributed by atoms with Gasteiger partial charge in [0.25, 0.3) is 0 Å². The molecule has 0 radical (unpaired) electrons. The summed E-state index contributed by atoms with van der Waals surface area (Å²) in [6.45, 7) is 2.46. The molecule has 0 saturated heterocycles. The third kappa shape index (κ3) is 3.54. The summed E-state index contributed by atoms with van der Waals surface area (Å²) < 4.78 is 28.0. The van der Waals surface area contributed by atoms with Crippen LogP contribution in [-0.2, 0) is 6.54 Å². The molecule has 1 N–H and O–H groups in total. The maximum absolute atomic E-state index is 13.6. The van der Waals surface area contributed by atoms with Crippen LogP contribution in [0.4, 0.5) is 14.5 Å². The smallest absolute Gasteiger partial charge is 0.150 e. The van der Waals surface area contributed by atoms with Crippen LogP contribution in [0.15, 0.2) is 39.3 Å². The third-order valence-electron chi connectivity index (χ3n) is 2.71. The summed E-state index contributed by atoms with van der Waals surface area (Å²) in [5, 5.41) is 2.96. The molecule has 5 heteroatoms. The first kappa shape index (κ1) is 14.5. The zero-order chi connectivity index (χ0) is 14.0. The van der Waals surface area contributed by atoms with Crippen molar-refractivity contribution in [2.75, 3.05) is 5.32 Å². The van der Waals surface area contributed by atoms with Crippen LogP contribution in [0.2, 0.25) is 0 Å². The predicted octanol–water partition coefficient (Wildman–Crippen LogP) is 5.41. The fourth-order valence-electron chi connectivity index (χ4n) is 1.65. The third-order valence-corrected chi connectivity index (χ3v) is 4.19. The quantitative estimate of drug-likeness (QED) is 0.738. The SMILES string of the molecule is Cc1ccc(CNc2c(F)cc(F)cc2Br)cc1Br. The highest BCUT2D eigenvalue weighted by atomic mass is 79.9. The Morgan fingerprint density at radius 3 is 2.42 bits per heavy atom. The van der Waals surface area contributed by atoms with Crippen LogP contribution in [0, 0.1) is 18.6 Å². The number of rotatable bonds is 3. The van der Waals surface area contributed by atoms with Gasteiger partial charge >= 0.3 is 0 Å². The van der Waals surface area contributed by atoms with Crippen molar-refractivity contribution in [3.8, 4) is 0 Å². The Labute approximate surface area is 127 Å². The minimum atomic E-state index is -0.613. The van der Waals surface area contributed by atoms with Crippen LogP contribution in [0.1, 0.15) is 11.1 Å². The molecular formula is C14H11Br2F2N. The molecule has 0 aliphatic carbocycles. The van der Waals surface area contributed by atoms with Crippen molar-refractivity contribution >= 4 is 37.5 Å². The van der Waals surface area contributed by atoms with Crippen LogP contribution in [0.5, 0.6) is 0 Å². The Morgan fingerprint density at radius 2 is 1.79 bits per heavy atom. The topological polar surface area (TPSA) is 12.0 Å². The highest BCUT2D eigenvalue weighted by molar-refractivity contribution is 9.10. The van der Waals surface area contributed by atoms with E-state index in [2.05, 4.69) is 37.2 Å². The molecule has 0 saturated carbocycles. The molecule has 0 amide bonds. The van der Waals surface area contributed by atoms with E-state index >= 15 is 0 Å². The van der Waals surface area contributed by atoms with E-state index in [1.807, 2.05) is 25.1 Å². The minimum Gasteiger partial charge on any atom is -0.378 e. The lowest BCUT2D eigenvalue weighted by molar-refractivity contribution is 0.583. The van der Waals surface area contributed by atoms with Crippen molar-refractivity contribution in [2.45, 2.75) is 13.5 Å². The number of halogens is 4. The zero-order valence-electron chi connectivity index (χ0n) is 10.1. The Kier molecular flexibility index (Phi) is 4.58. The molecule has 0 fully saturated rings. The van der Waals surface area contributed by atoms with Gasteiger partial charge in [-0.1, -0.05) is 28.1 Å². The average molecular weight is 391 g/mol. The number of nitrogens with one attached hydrogen (secondary N) is 1. The Bertz CT molecular complexity index is 591. The molecule has 0 aliphatic heterocycles. The molecule has 1 nitrogen and oxygen atoms in total. The van der Waals surface area contributed by atoms with Gasteiger partial charge in [-0.05, 0) is 46.1 Å². The van der Waals surface area contributed by atoms with E-state index in [0.29, 0.717) is 11.0 Å². The van der Waals surface area contributed by atoms with E-state index in [1.165, 1.54) is 6.07 Å². The largest absolute Gasteiger partial charge is 0.378 e. The van der Waals surface area contributed by atoms with E-state index < -0.39 is 11.6 Å². The lowest BCUT2D eigenvalue weighted by atomic mass is 10.1. The molecule has 19 heavy (non-hydrogen) atoms. The highest BCUT2D eigenvalue weighted by Crippen LogP contribution is 2.27. The first-order chi connectivity index (χ1) is 8.97. The summed E-state index contributed by atoms with van der Waals surface area (Å²) >= 11 is 6.60. The zero-order valence-corrected chi connectivity index (χ0v) is 13.3. The fraction of sp³-hybridized carbons (Fsp3) is 0.143. The second kappa shape index (κ2) is 6.01. The number of anilines is 1. The number of benzene rings is 2. The van der Waals surface area contributed by atoms with E-state index in [9.17, 15) is 8.78 Å². The molecule has 0 unspecified atom stereocenters. The molecule has 0 atom stereocenters.